The van der Waals surface area contributed by atoms with Crippen LogP contribution in [0.5, 0.6) is 5.88 Å². The molecule has 1 fully saturated rings. The van der Waals surface area contributed by atoms with Crippen molar-refractivity contribution in [2.75, 3.05) is 23.9 Å². The van der Waals surface area contributed by atoms with Crippen LogP contribution in [-0.4, -0.2) is 48.9 Å². The van der Waals surface area contributed by atoms with Crippen molar-refractivity contribution in [1.82, 2.24) is 35.3 Å². The molecule has 164 valence electrons. The second kappa shape index (κ2) is 8.61. The first-order valence-corrected chi connectivity index (χ1v) is 10.5. The molecule has 5 heterocycles. The van der Waals surface area contributed by atoms with E-state index < -0.39 is 0 Å². The minimum atomic E-state index is -0.0444. The number of aromatic nitrogens is 7. The fraction of sp³-hybridized carbons (Fsp3) is 0.333. The van der Waals surface area contributed by atoms with Crippen molar-refractivity contribution in [1.29, 1.82) is 0 Å². The van der Waals surface area contributed by atoms with Crippen molar-refractivity contribution < 1.29 is 9.26 Å². The molecule has 0 radical (unpaired) electrons. The van der Waals surface area contributed by atoms with Gasteiger partial charge in [0.25, 0.3) is 0 Å². The summed E-state index contributed by atoms with van der Waals surface area (Å²) in [6.07, 6.45) is 6.10. The van der Waals surface area contributed by atoms with E-state index in [1.807, 2.05) is 12.1 Å². The molecule has 0 saturated carbocycles. The summed E-state index contributed by atoms with van der Waals surface area (Å²) in [6, 6.07) is 7.30. The molecule has 0 bridgehead atoms. The van der Waals surface area contributed by atoms with Gasteiger partial charge in [-0.25, -0.2) is 9.97 Å². The summed E-state index contributed by atoms with van der Waals surface area (Å²) in [5.41, 5.74) is 1.64. The second-order valence-corrected chi connectivity index (χ2v) is 7.39. The summed E-state index contributed by atoms with van der Waals surface area (Å²) in [7, 11) is 1.59. The number of H-pyrrole nitrogens is 1. The third kappa shape index (κ3) is 3.96. The number of rotatable bonds is 7. The van der Waals surface area contributed by atoms with Crippen LogP contribution in [0, 0.1) is 0 Å². The van der Waals surface area contributed by atoms with Crippen molar-refractivity contribution >= 4 is 17.6 Å². The summed E-state index contributed by atoms with van der Waals surface area (Å²) in [5.74, 6) is 3.56. The third-order valence-electron chi connectivity index (χ3n) is 5.33. The van der Waals surface area contributed by atoms with E-state index in [2.05, 4.69) is 47.4 Å². The van der Waals surface area contributed by atoms with Crippen LogP contribution in [0.1, 0.15) is 37.3 Å². The van der Waals surface area contributed by atoms with Gasteiger partial charge >= 0.3 is 0 Å². The molecule has 0 unspecified atom stereocenters. The van der Waals surface area contributed by atoms with Crippen molar-refractivity contribution in [2.24, 2.45) is 0 Å². The predicted molar refractivity (Wildman–Crippen MR) is 117 cm³/mol. The van der Waals surface area contributed by atoms with Gasteiger partial charge in [0, 0.05) is 42.8 Å². The lowest BCUT2D eigenvalue weighted by atomic mass is 10.1. The molecular formula is C21H23N9O2. The van der Waals surface area contributed by atoms with E-state index in [9.17, 15) is 0 Å². The molecule has 2 N–H and O–H groups in total. The van der Waals surface area contributed by atoms with Crippen molar-refractivity contribution in [3.63, 3.8) is 0 Å². The van der Waals surface area contributed by atoms with Gasteiger partial charge in [-0.1, -0.05) is 12.1 Å². The first-order valence-electron chi connectivity index (χ1n) is 10.5. The largest absolute Gasteiger partial charge is 0.481 e. The molecule has 11 nitrogen and oxygen atoms in total. The zero-order valence-electron chi connectivity index (χ0n) is 17.8. The smallest absolute Gasteiger partial charge is 0.231 e. The minimum absolute atomic E-state index is 0.0444. The molecule has 0 spiro atoms. The van der Waals surface area contributed by atoms with Crippen molar-refractivity contribution in [2.45, 2.75) is 32.2 Å². The lowest BCUT2D eigenvalue weighted by Gasteiger charge is -2.23. The number of anilines is 3. The average Bonchev–Trinajstić information content (AvgIpc) is 3.59. The van der Waals surface area contributed by atoms with E-state index in [-0.39, 0.29) is 6.04 Å². The molecular weight excluding hydrogens is 410 g/mol. The van der Waals surface area contributed by atoms with Crippen LogP contribution in [0.3, 0.4) is 0 Å². The molecule has 32 heavy (non-hydrogen) atoms. The number of methoxy groups -OCH3 is 1. The Hall–Kier alpha value is -4.02. The van der Waals surface area contributed by atoms with Gasteiger partial charge in [0.15, 0.2) is 23.1 Å². The molecule has 4 aromatic rings. The summed E-state index contributed by atoms with van der Waals surface area (Å²) in [4.78, 5) is 19.9. The van der Waals surface area contributed by atoms with E-state index in [1.165, 1.54) is 0 Å². The van der Waals surface area contributed by atoms with Crippen LogP contribution in [-0.2, 0) is 6.42 Å². The zero-order valence-corrected chi connectivity index (χ0v) is 17.8. The Morgan fingerprint density at radius 1 is 1.19 bits per heavy atom. The molecule has 1 aliphatic heterocycles. The van der Waals surface area contributed by atoms with Gasteiger partial charge in [0.05, 0.1) is 13.2 Å². The van der Waals surface area contributed by atoms with E-state index in [0.29, 0.717) is 35.0 Å². The normalized spacial score (nSPS) is 15.8. The van der Waals surface area contributed by atoms with Crippen LogP contribution in [0.25, 0.3) is 11.5 Å². The summed E-state index contributed by atoms with van der Waals surface area (Å²) < 4.78 is 11.1. The molecule has 11 heteroatoms. The molecule has 0 aliphatic carbocycles. The highest BCUT2D eigenvalue weighted by molar-refractivity contribution is 5.56. The van der Waals surface area contributed by atoms with Crippen LogP contribution >= 0.6 is 0 Å². The van der Waals surface area contributed by atoms with Crippen molar-refractivity contribution in [3.8, 4) is 17.4 Å². The van der Waals surface area contributed by atoms with Gasteiger partial charge in [-0.15, -0.1) is 0 Å². The van der Waals surface area contributed by atoms with Gasteiger partial charge in [-0.05, 0) is 25.3 Å². The SMILES string of the molecule is CCc1cc(Nc2cc(OC)nc(N3CCC[C@H]3c3cc(-c4ncccn4)no3)n2)n[nH]1. The average molecular weight is 433 g/mol. The van der Waals surface area contributed by atoms with Crippen LogP contribution < -0.4 is 15.0 Å². The maximum absolute atomic E-state index is 5.66. The number of hydrogen-bond donors (Lipinski definition) is 2. The van der Waals surface area contributed by atoms with Crippen LogP contribution in [0.4, 0.5) is 17.6 Å². The van der Waals surface area contributed by atoms with Gasteiger partial charge in [-0.2, -0.15) is 15.1 Å². The molecule has 0 amide bonds. The minimum Gasteiger partial charge on any atom is -0.481 e. The Balaban J connectivity index is 1.42. The number of ether oxygens (including phenoxy) is 1. The van der Waals surface area contributed by atoms with Gasteiger partial charge in [0.2, 0.25) is 11.8 Å². The van der Waals surface area contributed by atoms with E-state index >= 15 is 0 Å². The highest BCUT2D eigenvalue weighted by Crippen LogP contribution is 2.37. The lowest BCUT2D eigenvalue weighted by molar-refractivity contribution is 0.361. The number of hydrogen-bond acceptors (Lipinski definition) is 10. The Bertz CT molecular complexity index is 1190. The molecule has 0 aromatic carbocycles. The zero-order chi connectivity index (χ0) is 21.9. The molecule has 1 atom stereocenters. The second-order valence-electron chi connectivity index (χ2n) is 7.39. The van der Waals surface area contributed by atoms with E-state index in [1.54, 1.807) is 31.6 Å². The maximum atomic E-state index is 5.66. The summed E-state index contributed by atoms with van der Waals surface area (Å²) >= 11 is 0. The molecule has 5 rings (SSSR count). The Labute approximate surface area is 184 Å². The lowest BCUT2D eigenvalue weighted by Crippen LogP contribution is -2.24. The first-order chi connectivity index (χ1) is 15.7. The number of nitrogens with one attached hydrogen (secondary N) is 2. The van der Waals surface area contributed by atoms with Crippen molar-refractivity contribution in [3.05, 3.63) is 48.1 Å². The van der Waals surface area contributed by atoms with Gasteiger partial charge < -0.3 is 19.5 Å². The Kier molecular flexibility index (Phi) is 5.36. The third-order valence-corrected chi connectivity index (χ3v) is 5.33. The molecule has 1 aliphatic rings. The topological polar surface area (TPSA) is 131 Å². The summed E-state index contributed by atoms with van der Waals surface area (Å²) in [5, 5.41) is 14.6. The maximum Gasteiger partial charge on any atom is 0.231 e. The first kappa shape index (κ1) is 19.9. The predicted octanol–water partition coefficient (Wildman–Crippen LogP) is 3.30. The number of aryl methyl sites for hydroxylation is 1. The molecule has 4 aromatic heterocycles. The van der Waals surface area contributed by atoms with Gasteiger partial charge in [-0.3, -0.25) is 5.10 Å². The van der Waals surface area contributed by atoms with E-state index in [0.717, 1.165) is 37.3 Å². The Morgan fingerprint density at radius 3 is 2.84 bits per heavy atom. The van der Waals surface area contributed by atoms with Crippen LogP contribution in [0.2, 0.25) is 0 Å². The highest BCUT2D eigenvalue weighted by atomic mass is 16.5. The van der Waals surface area contributed by atoms with Crippen LogP contribution in [0.15, 0.2) is 41.2 Å². The van der Waals surface area contributed by atoms with E-state index in [4.69, 9.17) is 14.2 Å². The fourth-order valence-electron chi connectivity index (χ4n) is 3.73. The number of aromatic amines is 1. The summed E-state index contributed by atoms with van der Waals surface area (Å²) in [6.45, 7) is 2.85. The highest BCUT2D eigenvalue weighted by Gasteiger charge is 2.32. The van der Waals surface area contributed by atoms with Gasteiger partial charge in [0.1, 0.15) is 5.82 Å². The fourth-order valence-corrected chi connectivity index (χ4v) is 3.73. The monoisotopic (exact) mass is 433 g/mol. The Morgan fingerprint density at radius 2 is 2.06 bits per heavy atom. The quantitative estimate of drug-likeness (QED) is 0.447. The molecule has 1 saturated heterocycles. The number of nitrogens with zero attached hydrogens (tertiary/aromatic N) is 7. The standard InChI is InChI=1S/C21H23N9O2/c1-3-13-10-18(28-27-13)24-17-12-19(31-2)26-21(25-17)30-9-4-6-15(30)16-11-14(29-32-16)20-22-7-5-8-23-20/h5,7-8,10-12,15H,3-4,6,9H2,1-2H3,(H2,24,25,26,27,28)/t15-/m0/s1.